The molecule has 182 valence electrons. The molecule has 0 saturated heterocycles. The van der Waals surface area contributed by atoms with E-state index >= 15 is 0 Å². The fourth-order valence-corrected chi connectivity index (χ4v) is 4.03. The second-order valence-electron chi connectivity index (χ2n) is 8.05. The van der Waals surface area contributed by atoms with Crippen LogP contribution in [0.15, 0.2) is 102 Å². The molecule has 4 aromatic rings. The lowest BCUT2D eigenvalue weighted by Gasteiger charge is -2.17. The SMILES string of the molecule is COC(=O)C(Cc1ccc(-c2ccc(Oc3ccccc3)cc2)cc1)NC(=O)c1cc(Br)ccc1O. The standard InChI is InChI=1S/C29H24BrNO5/c1-35-29(34)26(31-28(33)25-18-22(30)13-16-27(25)32)17-19-7-9-20(10-8-19)21-11-14-24(15-12-21)36-23-5-3-2-4-6-23/h2-16,18,26,32H,17H2,1H3,(H,31,33). The largest absolute Gasteiger partial charge is 0.507 e. The van der Waals surface area contributed by atoms with E-state index in [1.165, 1.54) is 19.2 Å². The zero-order valence-corrected chi connectivity index (χ0v) is 21.1. The van der Waals surface area contributed by atoms with Gasteiger partial charge in [0.25, 0.3) is 5.91 Å². The minimum absolute atomic E-state index is 0.0633. The molecule has 0 saturated carbocycles. The third-order valence-corrected chi connectivity index (χ3v) is 6.05. The molecule has 0 aromatic heterocycles. The molecule has 0 spiro atoms. The molecule has 0 fully saturated rings. The van der Waals surface area contributed by atoms with Crippen LogP contribution in [0, 0.1) is 0 Å². The molecule has 0 aliphatic heterocycles. The van der Waals surface area contributed by atoms with Gasteiger partial charge in [-0.15, -0.1) is 0 Å². The summed E-state index contributed by atoms with van der Waals surface area (Å²) >= 11 is 3.28. The average Bonchev–Trinajstić information content (AvgIpc) is 2.90. The fourth-order valence-electron chi connectivity index (χ4n) is 3.67. The Morgan fingerprint density at radius 3 is 2.11 bits per heavy atom. The molecule has 0 radical (unpaired) electrons. The van der Waals surface area contributed by atoms with Crippen LogP contribution in [0.2, 0.25) is 0 Å². The zero-order chi connectivity index (χ0) is 25.5. The van der Waals surface area contributed by atoms with Crippen LogP contribution in [0.4, 0.5) is 0 Å². The molecule has 7 heteroatoms. The number of carbonyl (C=O) groups excluding carboxylic acids is 2. The van der Waals surface area contributed by atoms with Gasteiger partial charge in [-0.2, -0.15) is 0 Å². The number of aromatic hydroxyl groups is 1. The predicted octanol–water partition coefficient (Wildman–Crippen LogP) is 6.13. The molecule has 4 aromatic carbocycles. The molecule has 6 nitrogen and oxygen atoms in total. The number of methoxy groups -OCH3 is 1. The van der Waals surface area contributed by atoms with Gasteiger partial charge in [-0.25, -0.2) is 4.79 Å². The van der Waals surface area contributed by atoms with E-state index in [2.05, 4.69) is 21.2 Å². The lowest BCUT2D eigenvalue weighted by molar-refractivity contribution is -0.142. The first-order valence-electron chi connectivity index (χ1n) is 11.2. The first-order chi connectivity index (χ1) is 17.4. The fraction of sp³-hybridized carbons (Fsp3) is 0.103. The molecule has 4 rings (SSSR count). The van der Waals surface area contributed by atoms with Gasteiger partial charge >= 0.3 is 5.97 Å². The quantitative estimate of drug-likeness (QED) is 0.260. The number of amides is 1. The topological polar surface area (TPSA) is 84.9 Å². The second-order valence-corrected chi connectivity index (χ2v) is 8.97. The van der Waals surface area contributed by atoms with Crippen molar-refractivity contribution in [3.8, 4) is 28.4 Å². The first-order valence-corrected chi connectivity index (χ1v) is 12.0. The Hall–Kier alpha value is -4.10. The van der Waals surface area contributed by atoms with Crippen molar-refractivity contribution in [1.29, 1.82) is 0 Å². The Balaban J connectivity index is 1.44. The maximum Gasteiger partial charge on any atom is 0.328 e. The van der Waals surface area contributed by atoms with Crippen LogP contribution in [0.1, 0.15) is 15.9 Å². The van der Waals surface area contributed by atoms with Crippen molar-refractivity contribution in [3.63, 3.8) is 0 Å². The number of halogens is 1. The molecule has 36 heavy (non-hydrogen) atoms. The van der Waals surface area contributed by atoms with Crippen LogP contribution in [-0.2, 0) is 16.0 Å². The van der Waals surface area contributed by atoms with Crippen LogP contribution in [0.5, 0.6) is 17.2 Å². The highest BCUT2D eigenvalue weighted by Crippen LogP contribution is 2.26. The molecule has 1 amide bonds. The van der Waals surface area contributed by atoms with Crippen molar-refractivity contribution < 1.29 is 24.2 Å². The number of phenols is 1. The lowest BCUT2D eigenvalue weighted by Crippen LogP contribution is -2.43. The molecular formula is C29H24BrNO5. The molecule has 0 bridgehead atoms. The van der Waals surface area contributed by atoms with Gasteiger partial charge in [-0.3, -0.25) is 4.79 Å². The van der Waals surface area contributed by atoms with Crippen LogP contribution in [0.3, 0.4) is 0 Å². The summed E-state index contributed by atoms with van der Waals surface area (Å²) in [5, 5.41) is 12.7. The molecule has 0 heterocycles. The number of benzene rings is 4. The Labute approximate surface area is 217 Å². The summed E-state index contributed by atoms with van der Waals surface area (Å²) in [4.78, 5) is 25.1. The zero-order valence-electron chi connectivity index (χ0n) is 19.5. The van der Waals surface area contributed by atoms with Crippen molar-refractivity contribution in [1.82, 2.24) is 5.32 Å². The van der Waals surface area contributed by atoms with Crippen molar-refractivity contribution in [3.05, 3.63) is 113 Å². The number of esters is 1. The average molecular weight is 546 g/mol. The van der Waals surface area contributed by atoms with E-state index in [9.17, 15) is 14.7 Å². The number of carbonyl (C=O) groups is 2. The Bertz CT molecular complexity index is 1340. The number of nitrogens with one attached hydrogen (secondary N) is 1. The highest BCUT2D eigenvalue weighted by Gasteiger charge is 2.24. The molecule has 1 unspecified atom stereocenters. The minimum Gasteiger partial charge on any atom is -0.507 e. The molecule has 1 atom stereocenters. The van der Waals surface area contributed by atoms with E-state index in [0.29, 0.717) is 4.47 Å². The van der Waals surface area contributed by atoms with Crippen LogP contribution in [0.25, 0.3) is 11.1 Å². The highest BCUT2D eigenvalue weighted by molar-refractivity contribution is 9.10. The third kappa shape index (κ3) is 6.31. The van der Waals surface area contributed by atoms with E-state index in [4.69, 9.17) is 9.47 Å². The van der Waals surface area contributed by atoms with E-state index in [1.807, 2.05) is 78.9 Å². The van der Waals surface area contributed by atoms with Crippen LogP contribution >= 0.6 is 15.9 Å². The smallest absolute Gasteiger partial charge is 0.328 e. The number of phenolic OH excluding ortho intramolecular Hbond substituents is 1. The first kappa shape index (κ1) is 25.0. The van der Waals surface area contributed by atoms with Crippen LogP contribution < -0.4 is 10.1 Å². The van der Waals surface area contributed by atoms with Gasteiger partial charge in [0.05, 0.1) is 12.7 Å². The summed E-state index contributed by atoms with van der Waals surface area (Å²) in [6, 6.07) is 28.7. The summed E-state index contributed by atoms with van der Waals surface area (Å²) in [6.07, 6.45) is 0.233. The Kier molecular flexibility index (Phi) is 8.02. The monoisotopic (exact) mass is 545 g/mol. The van der Waals surface area contributed by atoms with Crippen molar-refractivity contribution in [2.24, 2.45) is 0 Å². The van der Waals surface area contributed by atoms with Gasteiger partial charge in [-0.05, 0) is 59.2 Å². The Morgan fingerprint density at radius 2 is 1.47 bits per heavy atom. The normalized spacial score (nSPS) is 11.4. The summed E-state index contributed by atoms with van der Waals surface area (Å²) in [7, 11) is 1.27. The number of para-hydroxylation sites is 1. The summed E-state index contributed by atoms with van der Waals surface area (Å²) < 4.78 is 11.4. The van der Waals surface area contributed by atoms with Gasteiger partial charge in [-0.1, -0.05) is 70.5 Å². The van der Waals surface area contributed by atoms with Crippen molar-refractivity contribution in [2.75, 3.05) is 7.11 Å². The maximum atomic E-state index is 12.7. The minimum atomic E-state index is -0.916. The van der Waals surface area contributed by atoms with E-state index < -0.39 is 17.9 Å². The summed E-state index contributed by atoms with van der Waals surface area (Å²) in [5.41, 5.74) is 2.93. The number of ether oxygens (including phenoxy) is 2. The van der Waals surface area contributed by atoms with Gasteiger partial charge in [0.15, 0.2) is 0 Å². The van der Waals surface area contributed by atoms with Gasteiger partial charge < -0.3 is 19.9 Å². The van der Waals surface area contributed by atoms with Crippen molar-refractivity contribution in [2.45, 2.75) is 12.5 Å². The van der Waals surface area contributed by atoms with E-state index in [-0.39, 0.29) is 17.7 Å². The van der Waals surface area contributed by atoms with E-state index in [0.717, 1.165) is 28.2 Å². The summed E-state index contributed by atoms with van der Waals surface area (Å²) in [6.45, 7) is 0. The molecular weight excluding hydrogens is 522 g/mol. The number of hydrogen-bond donors (Lipinski definition) is 2. The van der Waals surface area contributed by atoms with Gasteiger partial charge in [0, 0.05) is 10.9 Å². The van der Waals surface area contributed by atoms with Gasteiger partial charge in [0.1, 0.15) is 23.3 Å². The molecule has 0 aliphatic rings. The lowest BCUT2D eigenvalue weighted by atomic mass is 10.00. The maximum absolute atomic E-state index is 12.7. The predicted molar refractivity (Wildman–Crippen MR) is 141 cm³/mol. The number of hydrogen-bond acceptors (Lipinski definition) is 5. The van der Waals surface area contributed by atoms with Crippen molar-refractivity contribution >= 4 is 27.8 Å². The highest BCUT2D eigenvalue weighted by atomic mass is 79.9. The third-order valence-electron chi connectivity index (χ3n) is 5.55. The molecule has 2 N–H and O–H groups in total. The molecule has 0 aliphatic carbocycles. The van der Waals surface area contributed by atoms with E-state index in [1.54, 1.807) is 6.07 Å². The van der Waals surface area contributed by atoms with Crippen LogP contribution in [-0.4, -0.2) is 30.1 Å². The second kappa shape index (κ2) is 11.6. The summed E-state index contributed by atoms with van der Waals surface area (Å²) in [5.74, 6) is 0.199. The number of rotatable bonds is 8. The Morgan fingerprint density at radius 1 is 0.861 bits per heavy atom. The van der Waals surface area contributed by atoms with Gasteiger partial charge in [0.2, 0.25) is 0 Å².